The highest BCUT2D eigenvalue weighted by molar-refractivity contribution is 5.57. The number of likely N-dealkylation sites (tertiary alicyclic amines) is 1. The molecule has 5 atom stereocenters. The first-order valence-corrected chi connectivity index (χ1v) is 7.68. The molecule has 2 aliphatic heterocycles. The zero-order valence-corrected chi connectivity index (χ0v) is 11.9. The number of nitrogens with zero attached hydrogens (tertiary/aromatic N) is 1. The summed E-state index contributed by atoms with van der Waals surface area (Å²) in [7, 11) is 2.16. The lowest BCUT2D eigenvalue weighted by Gasteiger charge is -2.56. The van der Waals surface area contributed by atoms with E-state index in [2.05, 4.69) is 18.0 Å². The van der Waals surface area contributed by atoms with Crippen LogP contribution in [0.1, 0.15) is 17.5 Å². The minimum absolute atomic E-state index is 0.240. The smallest absolute Gasteiger partial charge is 0.165 e. The summed E-state index contributed by atoms with van der Waals surface area (Å²) < 4.78 is 20.2. The number of hydrogen-bond acceptors (Lipinski definition) is 3. The molecule has 3 nitrogen and oxygen atoms in total. The third kappa shape index (κ3) is 1.23. The summed E-state index contributed by atoms with van der Waals surface area (Å²) in [5.74, 6) is 0.411. The van der Waals surface area contributed by atoms with Crippen molar-refractivity contribution in [3.8, 4) is 5.75 Å². The molecule has 2 unspecified atom stereocenters. The number of benzene rings is 1. The van der Waals surface area contributed by atoms with Gasteiger partial charge in [-0.2, -0.15) is 0 Å². The Morgan fingerprint density at radius 2 is 2.24 bits per heavy atom. The molecule has 4 aliphatic rings. The minimum atomic E-state index is -0.650. The largest absolute Gasteiger partial charge is 0.483 e. The number of likely N-dealkylation sites (N-methyl/N-ethyl adjacent to an activating group) is 1. The molecule has 1 saturated heterocycles. The van der Waals surface area contributed by atoms with Crippen molar-refractivity contribution in [2.45, 2.75) is 36.5 Å². The fraction of sp³-hybridized carbons (Fsp3) is 0.529. The van der Waals surface area contributed by atoms with Gasteiger partial charge >= 0.3 is 0 Å². The Bertz CT molecular complexity index is 673. The van der Waals surface area contributed by atoms with Crippen LogP contribution in [-0.4, -0.2) is 41.8 Å². The number of rotatable bonds is 0. The van der Waals surface area contributed by atoms with E-state index in [1.807, 2.05) is 12.1 Å². The number of aliphatic hydroxyl groups is 1. The van der Waals surface area contributed by atoms with E-state index in [1.165, 1.54) is 11.6 Å². The maximum absolute atomic E-state index is 14.2. The van der Waals surface area contributed by atoms with Gasteiger partial charge < -0.3 is 14.7 Å². The molecular weight excluding hydrogens is 269 g/mol. The molecule has 1 spiro atoms. The number of piperidine rings is 1. The molecule has 4 heteroatoms. The Morgan fingerprint density at radius 1 is 1.38 bits per heavy atom. The normalized spacial score (nSPS) is 42.6. The van der Waals surface area contributed by atoms with Gasteiger partial charge in [-0.15, -0.1) is 0 Å². The summed E-state index contributed by atoms with van der Waals surface area (Å²) in [4.78, 5) is 2.40. The van der Waals surface area contributed by atoms with Crippen molar-refractivity contribution < 1.29 is 14.2 Å². The predicted octanol–water partition coefficient (Wildman–Crippen LogP) is 1.63. The van der Waals surface area contributed by atoms with Crippen LogP contribution >= 0.6 is 0 Å². The van der Waals surface area contributed by atoms with Gasteiger partial charge in [0.2, 0.25) is 0 Å². The van der Waals surface area contributed by atoms with Crippen molar-refractivity contribution in [2.75, 3.05) is 13.6 Å². The third-order valence-electron chi connectivity index (χ3n) is 6.12. The van der Waals surface area contributed by atoms with Crippen LogP contribution in [0.2, 0.25) is 0 Å². The molecule has 2 heterocycles. The van der Waals surface area contributed by atoms with Crippen molar-refractivity contribution in [1.82, 2.24) is 4.90 Å². The van der Waals surface area contributed by atoms with Gasteiger partial charge in [0.05, 0.1) is 0 Å². The number of ether oxygens (including phenoxy) is 1. The topological polar surface area (TPSA) is 32.7 Å². The van der Waals surface area contributed by atoms with E-state index in [0.29, 0.717) is 17.7 Å². The average Bonchev–Trinajstić information content (AvgIpc) is 2.83. The maximum atomic E-state index is 14.2. The van der Waals surface area contributed by atoms with Gasteiger partial charge in [-0.25, -0.2) is 4.39 Å². The van der Waals surface area contributed by atoms with E-state index in [0.717, 1.165) is 24.9 Å². The summed E-state index contributed by atoms with van der Waals surface area (Å²) >= 11 is 0. The first-order valence-electron chi connectivity index (χ1n) is 7.68. The van der Waals surface area contributed by atoms with Gasteiger partial charge in [0.25, 0.3) is 0 Å². The van der Waals surface area contributed by atoms with E-state index in [1.54, 1.807) is 0 Å². The summed E-state index contributed by atoms with van der Waals surface area (Å²) in [6, 6.07) is 3.84. The third-order valence-corrected chi connectivity index (χ3v) is 6.12. The lowest BCUT2D eigenvalue weighted by atomic mass is 9.53. The van der Waals surface area contributed by atoms with Crippen molar-refractivity contribution in [3.05, 3.63) is 41.2 Å². The predicted molar refractivity (Wildman–Crippen MR) is 75.9 cm³/mol. The molecule has 0 amide bonds. The number of halogens is 1. The van der Waals surface area contributed by atoms with Crippen molar-refractivity contribution >= 4 is 0 Å². The van der Waals surface area contributed by atoms with Gasteiger partial charge in [0.1, 0.15) is 12.2 Å². The van der Waals surface area contributed by atoms with Crippen LogP contribution in [0.25, 0.3) is 0 Å². The lowest BCUT2D eigenvalue weighted by molar-refractivity contribution is -0.0455. The summed E-state index contributed by atoms with van der Waals surface area (Å²) in [5, 5.41) is 10.4. The molecule has 21 heavy (non-hydrogen) atoms. The zero-order chi connectivity index (χ0) is 14.4. The van der Waals surface area contributed by atoms with E-state index in [4.69, 9.17) is 4.74 Å². The summed E-state index contributed by atoms with van der Waals surface area (Å²) in [6.45, 7) is 0.969. The van der Waals surface area contributed by atoms with Gasteiger partial charge in [0, 0.05) is 22.9 Å². The fourth-order valence-corrected chi connectivity index (χ4v) is 5.22. The van der Waals surface area contributed by atoms with Crippen molar-refractivity contribution in [1.29, 1.82) is 0 Å². The van der Waals surface area contributed by atoms with Gasteiger partial charge in [0.15, 0.2) is 11.6 Å². The van der Waals surface area contributed by atoms with Crippen LogP contribution in [0, 0.1) is 11.7 Å². The van der Waals surface area contributed by atoms with E-state index in [-0.39, 0.29) is 17.3 Å². The molecule has 1 aromatic rings. The Balaban J connectivity index is 1.84. The highest BCUT2D eigenvalue weighted by atomic mass is 19.1. The van der Waals surface area contributed by atoms with Crippen LogP contribution in [0.4, 0.5) is 4.39 Å². The standard InChI is InChI=1S/C17H18FNO2/c1-19-7-6-17-10-3-5-13(20)16(17)21-15-11(18)4-2-9(14(15)17)8-12(10)19/h2-5,10,12-13,16,20H,6-8H2,1H3/t10?,12?,13-,16-,17-/m0/s1. The Kier molecular flexibility index (Phi) is 2.13. The zero-order valence-electron chi connectivity index (χ0n) is 11.9. The first kappa shape index (κ1) is 12.2. The second-order valence-electron chi connectivity index (χ2n) is 6.89. The molecule has 0 radical (unpaired) electrons. The summed E-state index contributed by atoms with van der Waals surface area (Å²) in [5.41, 5.74) is 2.01. The fourth-order valence-electron chi connectivity index (χ4n) is 5.22. The average molecular weight is 287 g/mol. The minimum Gasteiger partial charge on any atom is -0.483 e. The Morgan fingerprint density at radius 3 is 3.10 bits per heavy atom. The lowest BCUT2D eigenvalue weighted by Crippen LogP contribution is -2.64. The monoisotopic (exact) mass is 287 g/mol. The molecule has 1 N–H and O–H groups in total. The van der Waals surface area contributed by atoms with E-state index < -0.39 is 6.10 Å². The molecule has 2 bridgehead atoms. The highest BCUT2D eigenvalue weighted by Gasteiger charge is 2.64. The van der Waals surface area contributed by atoms with Crippen molar-refractivity contribution in [3.63, 3.8) is 0 Å². The maximum Gasteiger partial charge on any atom is 0.165 e. The van der Waals surface area contributed by atoms with E-state index in [9.17, 15) is 9.50 Å². The van der Waals surface area contributed by atoms with E-state index >= 15 is 0 Å². The SMILES string of the molecule is CN1CC[C@]23c4c5ccc(F)c4O[C@H]2[C@@H](O)C=CC3C1C5. The molecular formula is C17H18FNO2. The van der Waals surface area contributed by atoms with Crippen LogP contribution in [0.5, 0.6) is 5.75 Å². The Labute approximate surface area is 123 Å². The van der Waals surface area contributed by atoms with Crippen LogP contribution < -0.4 is 4.74 Å². The highest BCUT2D eigenvalue weighted by Crippen LogP contribution is 2.60. The molecule has 2 aliphatic carbocycles. The van der Waals surface area contributed by atoms with Crippen LogP contribution in [0.3, 0.4) is 0 Å². The van der Waals surface area contributed by atoms with Gasteiger partial charge in [-0.05, 0) is 38.1 Å². The Hall–Kier alpha value is -1.39. The first-order chi connectivity index (χ1) is 10.1. The molecule has 1 fully saturated rings. The molecule has 0 saturated carbocycles. The summed E-state index contributed by atoms with van der Waals surface area (Å²) in [6.07, 6.45) is 4.85. The molecule has 0 aromatic heterocycles. The molecule has 110 valence electrons. The quantitative estimate of drug-likeness (QED) is 0.736. The van der Waals surface area contributed by atoms with Crippen molar-refractivity contribution in [2.24, 2.45) is 5.92 Å². The van der Waals surface area contributed by atoms with Gasteiger partial charge in [-0.1, -0.05) is 18.2 Å². The second-order valence-corrected chi connectivity index (χ2v) is 6.89. The number of hydrogen-bond donors (Lipinski definition) is 1. The van der Waals surface area contributed by atoms with Gasteiger partial charge in [-0.3, -0.25) is 0 Å². The van der Waals surface area contributed by atoms with Crippen LogP contribution in [0.15, 0.2) is 24.3 Å². The number of aliphatic hydroxyl groups excluding tert-OH is 1. The molecule has 5 rings (SSSR count). The second kappa shape index (κ2) is 3.68. The molecule has 1 aromatic carbocycles. The van der Waals surface area contributed by atoms with Crippen LogP contribution in [-0.2, 0) is 11.8 Å².